The molecule has 1 saturated heterocycles. The molecule has 0 bridgehead atoms. The van der Waals surface area contributed by atoms with Gasteiger partial charge in [0.05, 0.1) is 4.90 Å². The Bertz CT molecular complexity index is 530. The third kappa shape index (κ3) is 3.12. The molecular weight excluding hydrogens is 278 g/mol. The first-order valence-corrected chi connectivity index (χ1v) is 8.23. The van der Waals surface area contributed by atoms with Crippen LogP contribution < -0.4 is 11.3 Å². The summed E-state index contributed by atoms with van der Waals surface area (Å²) in [5.74, 6) is 5.27. The number of nitrogens with two attached hydrogens (primary N) is 1. The van der Waals surface area contributed by atoms with E-state index in [9.17, 15) is 8.42 Å². The Balaban J connectivity index is 2.19. The van der Waals surface area contributed by atoms with Gasteiger partial charge in [0, 0.05) is 24.9 Å². The van der Waals surface area contributed by atoms with Crippen molar-refractivity contribution in [2.45, 2.75) is 36.6 Å². The summed E-state index contributed by atoms with van der Waals surface area (Å²) in [4.78, 5) is 0.285. The van der Waals surface area contributed by atoms with E-state index in [1.54, 1.807) is 28.6 Å². The van der Waals surface area contributed by atoms with Crippen molar-refractivity contribution in [3.05, 3.63) is 24.3 Å². The number of aliphatic hydroxyl groups is 1. The third-order valence-electron chi connectivity index (χ3n) is 3.65. The van der Waals surface area contributed by atoms with E-state index in [2.05, 4.69) is 5.43 Å². The van der Waals surface area contributed by atoms with E-state index < -0.39 is 10.0 Å². The van der Waals surface area contributed by atoms with Crippen molar-refractivity contribution in [3.63, 3.8) is 0 Å². The van der Waals surface area contributed by atoms with Crippen LogP contribution in [0.5, 0.6) is 0 Å². The molecule has 0 amide bonds. The van der Waals surface area contributed by atoms with Crippen LogP contribution in [0.4, 0.5) is 5.69 Å². The number of hydrogen-bond donors (Lipinski definition) is 3. The van der Waals surface area contributed by atoms with Crippen molar-refractivity contribution < 1.29 is 13.5 Å². The molecule has 1 aromatic rings. The molecule has 20 heavy (non-hydrogen) atoms. The number of rotatable bonds is 6. The predicted octanol–water partition coefficient (Wildman–Crippen LogP) is 0.898. The monoisotopic (exact) mass is 299 g/mol. The summed E-state index contributed by atoms with van der Waals surface area (Å²) in [6.45, 7) is 0.649. The van der Waals surface area contributed by atoms with Gasteiger partial charge in [-0.3, -0.25) is 5.84 Å². The first kappa shape index (κ1) is 15.2. The number of nitrogens with zero attached hydrogens (tertiary/aromatic N) is 1. The van der Waals surface area contributed by atoms with Gasteiger partial charge in [-0.05, 0) is 49.9 Å². The van der Waals surface area contributed by atoms with Crippen LogP contribution in [0.15, 0.2) is 29.2 Å². The minimum absolute atomic E-state index is 0.000500. The van der Waals surface area contributed by atoms with Crippen molar-refractivity contribution in [2.75, 3.05) is 18.6 Å². The first-order chi connectivity index (χ1) is 9.59. The number of aliphatic hydroxyl groups excluding tert-OH is 1. The molecule has 1 fully saturated rings. The maximum Gasteiger partial charge on any atom is 0.243 e. The highest BCUT2D eigenvalue weighted by molar-refractivity contribution is 7.89. The molecule has 7 heteroatoms. The summed E-state index contributed by atoms with van der Waals surface area (Å²) in [6.07, 6.45) is 3.07. The van der Waals surface area contributed by atoms with Gasteiger partial charge in [-0.15, -0.1) is 0 Å². The summed E-state index contributed by atoms with van der Waals surface area (Å²) in [5.41, 5.74) is 3.14. The van der Waals surface area contributed by atoms with E-state index >= 15 is 0 Å². The Morgan fingerprint density at radius 1 is 1.35 bits per heavy atom. The Kier molecular flexibility index (Phi) is 4.98. The van der Waals surface area contributed by atoms with Crippen LogP contribution in [-0.2, 0) is 10.0 Å². The van der Waals surface area contributed by atoms with E-state index in [1.165, 1.54) is 0 Å². The zero-order chi connectivity index (χ0) is 14.6. The summed E-state index contributed by atoms with van der Waals surface area (Å²) in [6, 6.07) is 6.41. The molecule has 4 N–H and O–H groups in total. The molecule has 6 nitrogen and oxygen atoms in total. The molecule has 0 aromatic heterocycles. The number of hydrazine groups is 1. The molecular formula is C13H21N3O3S. The van der Waals surface area contributed by atoms with Gasteiger partial charge in [-0.25, -0.2) is 8.42 Å². The summed E-state index contributed by atoms with van der Waals surface area (Å²) < 4.78 is 26.8. The summed E-state index contributed by atoms with van der Waals surface area (Å²) >= 11 is 0. The van der Waals surface area contributed by atoms with Crippen LogP contribution in [0.1, 0.15) is 25.7 Å². The molecule has 0 saturated carbocycles. The Morgan fingerprint density at radius 2 is 2.05 bits per heavy atom. The number of benzene rings is 1. The van der Waals surface area contributed by atoms with E-state index in [4.69, 9.17) is 10.9 Å². The molecule has 1 aliphatic heterocycles. The highest BCUT2D eigenvalue weighted by Gasteiger charge is 2.34. The molecule has 1 atom stereocenters. The lowest BCUT2D eigenvalue weighted by molar-refractivity contribution is 0.264. The van der Waals surface area contributed by atoms with Crippen LogP contribution in [0.3, 0.4) is 0 Å². The second kappa shape index (κ2) is 6.53. The van der Waals surface area contributed by atoms with Gasteiger partial charge >= 0.3 is 0 Å². The van der Waals surface area contributed by atoms with Crippen LogP contribution >= 0.6 is 0 Å². The van der Waals surface area contributed by atoms with Gasteiger partial charge < -0.3 is 10.5 Å². The standard InChI is InChI=1S/C13H21N3O3S/c14-15-11-5-7-13(8-6-11)20(18,19)16-9-1-3-12(16)4-2-10-17/h5-8,12,15,17H,1-4,9-10,14H2. The lowest BCUT2D eigenvalue weighted by Crippen LogP contribution is -2.35. The maximum absolute atomic E-state index is 12.6. The second-order valence-corrected chi connectivity index (χ2v) is 6.84. The fourth-order valence-electron chi connectivity index (χ4n) is 2.60. The molecule has 1 aliphatic rings. The fraction of sp³-hybridized carbons (Fsp3) is 0.538. The van der Waals surface area contributed by atoms with Crippen molar-refractivity contribution in [3.8, 4) is 0 Å². The number of nitrogens with one attached hydrogen (secondary N) is 1. The lowest BCUT2D eigenvalue weighted by atomic mass is 10.1. The topological polar surface area (TPSA) is 95.7 Å². The smallest absolute Gasteiger partial charge is 0.243 e. The Labute approximate surface area is 119 Å². The van der Waals surface area contributed by atoms with Crippen LogP contribution in [0, 0.1) is 0 Å². The quantitative estimate of drug-likeness (QED) is 0.536. The van der Waals surface area contributed by atoms with E-state index in [1.807, 2.05) is 0 Å². The Morgan fingerprint density at radius 3 is 2.65 bits per heavy atom. The SMILES string of the molecule is NNc1ccc(S(=O)(=O)N2CCCC2CCCO)cc1. The van der Waals surface area contributed by atoms with Crippen LogP contribution in [-0.4, -0.2) is 37.0 Å². The average Bonchev–Trinajstić information content (AvgIpc) is 2.94. The third-order valence-corrected chi connectivity index (χ3v) is 5.61. The van der Waals surface area contributed by atoms with Gasteiger partial charge in [0.2, 0.25) is 10.0 Å². The van der Waals surface area contributed by atoms with Gasteiger partial charge in [0.15, 0.2) is 0 Å². The second-order valence-electron chi connectivity index (χ2n) is 4.95. The summed E-state index contributed by atoms with van der Waals surface area (Å²) in [5, 5.41) is 8.90. The van der Waals surface area contributed by atoms with Crippen molar-refractivity contribution >= 4 is 15.7 Å². The number of sulfonamides is 1. The van der Waals surface area contributed by atoms with Crippen molar-refractivity contribution in [2.24, 2.45) is 5.84 Å². The minimum atomic E-state index is -3.46. The highest BCUT2D eigenvalue weighted by Crippen LogP contribution is 2.28. The molecule has 1 unspecified atom stereocenters. The number of nitrogen functional groups attached to an aromatic ring is 1. The van der Waals surface area contributed by atoms with E-state index in [-0.39, 0.29) is 17.5 Å². The summed E-state index contributed by atoms with van der Waals surface area (Å²) in [7, 11) is -3.46. The van der Waals surface area contributed by atoms with Crippen molar-refractivity contribution in [1.29, 1.82) is 0 Å². The molecule has 1 heterocycles. The van der Waals surface area contributed by atoms with Gasteiger partial charge in [-0.2, -0.15) is 4.31 Å². The maximum atomic E-state index is 12.6. The van der Waals surface area contributed by atoms with Gasteiger partial charge in [-0.1, -0.05) is 0 Å². The van der Waals surface area contributed by atoms with E-state index in [0.29, 0.717) is 25.1 Å². The zero-order valence-electron chi connectivity index (χ0n) is 11.3. The molecule has 112 valence electrons. The molecule has 2 rings (SSSR count). The minimum Gasteiger partial charge on any atom is -0.396 e. The molecule has 0 aliphatic carbocycles. The number of hydrogen-bond acceptors (Lipinski definition) is 5. The van der Waals surface area contributed by atoms with Crippen molar-refractivity contribution in [1.82, 2.24) is 4.31 Å². The largest absolute Gasteiger partial charge is 0.396 e. The lowest BCUT2D eigenvalue weighted by Gasteiger charge is -2.24. The molecule has 1 aromatic carbocycles. The van der Waals surface area contributed by atoms with Crippen LogP contribution in [0.2, 0.25) is 0 Å². The fourth-order valence-corrected chi connectivity index (χ4v) is 4.32. The molecule has 0 radical (unpaired) electrons. The predicted molar refractivity (Wildman–Crippen MR) is 77.5 cm³/mol. The van der Waals surface area contributed by atoms with Gasteiger partial charge in [0.1, 0.15) is 0 Å². The Hall–Kier alpha value is -1.15. The first-order valence-electron chi connectivity index (χ1n) is 6.79. The number of anilines is 1. The highest BCUT2D eigenvalue weighted by atomic mass is 32.2. The molecule has 0 spiro atoms. The normalized spacial score (nSPS) is 20.2. The van der Waals surface area contributed by atoms with E-state index in [0.717, 1.165) is 12.8 Å². The zero-order valence-corrected chi connectivity index (χ0v) is 12.1. The van der Waals surface area contributed by atoms with Gasteiger partial charge in [0.25, 0.3) is 0 Å². The van der Waals surface area contributed by atoms with Crippen LogP contribution in [0.25, 0.3) is 0 Å². The average molecular weight is 299 g/mol.